The number of nitrogens with one attached hydrogen (secondary N) is 2. The number of rotatable bonds is 4. The second kappa shape index (κ2) is 5.76. The van der Waals surface area contributed by atoms with Gasteiger partial charge in [0.1, 0.15) is 6.33 Å². The summed E-state index contributed by atoms with van der Waals surface area (Å²) in [5.74, 6) is 1.37. The summed E-state index contributed by atoms with van der Waals surface area (Å²) in [6.07, 6.45) is 5.05. The maximum Gasteiger partial charge on any atom is 0.241 e. The molecule has 21 heavy (non-hydrogen) atoms. The van der Waals surface area contributed by atoms with Crippen molar-refractivity contribution in [1.82, 2.24) is 24.5 Å². The number of hydrogen-bond acceptors (Lipinski definition) is 6. The number of aromatic nitrogens is 5. The van der Waals surface area contributed by atoms with Crippen molar-refractivity contribution in [2.24, 2.45) is 0 Å². The van der Waals surface area contributed by atoms with Crippen LogP contribution in [0.15, 0.2) is 43.0 Å². The molecule has 3 rings (SSSR count). The molecule has 106 valence electrons. The van der Waals surface area contributed by atoms with Crippen molar-refractivity contribution >= 4 is 29.2 Å². The van der Waals surface area contributed by atoms with E-state index in [0.29, 0.717) is 22.9 Å². The summed E-state index contributed by atoms with van der Waals surface area (Å²) in [5.41, 5.74) is 0.837. The van der Waals surface area contributed by atoms with Gasteiger partial charge < -0.3 is 10.6 Å². The maximum absolute atomic E-state index is 5.87. The average molecular weight is 302 g/mol. The van der Waals surface area contributed by atoms with E-state index in [-0.39, 0.29) is 0 Å². The van der Waals surface area contributed by atoms with Crippen molar-refractivity contribution < 1.29 is 0 Å². The average Bonchev–Trinajstić information content (AvgIpc) is 3.04. The molecule has 0 spiro atoms. The fourth-order valence-corrected chi connectivity index (χ4v) is 1.81. The summed E-state index contributed by atoms with van der Waals surface area (Å²) in [5, 5.41) is 6.69. The molecule has 2 aromatic heterocycles. The minimum Gasteiger partial charge on any atom is -0.357 e. The molecule has 0 amide bonds. The molecule has 0 radical (unpaired) electrons. The van der Waals surface area contributed by atoms with Gasteiger partial charge in [0.15, 0.2) is 0 Å². The van der Waals surface area contributed by atoms with Gasteiger partial charge in [-0.1, -0.05) is 11.6 Å². The summed E-state index contributed by atoms with van der Waals surface area (Å²) >= 11 is 5.87. The van der Waals surface area contributed by atoms with E-state index in [1.165, 1.54) is 0 Å². The summed E-state index contributed by atoms with van der Waals surface area (Å²) in [4.78, 5) is 16.9. The molecule has 0 aliphatic rings. The molecular formula is C13H12ClN7. The van der Waals surface area contributed by atoms with Crippen LogP contribution < -0.4 is 10.6 Å². The molecule has 0 saturated carbocycles. The lowest BCUT2D eigenvalue weighted by Gasteiger charge is -2.08. The largest absolute Gasteiger partial charge is 0.357 e. The monoisotopic (exact) mass is 301 g/mol. The van der Waals surface area contributed by atoms with E-state index in [2.05, 4.69) is 30.6 Å². The van der Waals surface area contributed by atoms with Crippen LogP contribution >= 0.6 is 11.6 Å². The van der Waals surface area contributed by atoms with E-state index in [9.17, 15) is 0 Å². The zero-order valence-corrected chi connectivity index (χ0v) is 11.9. The van der Waals surface area contributed by atoms with Gasteiger partial charge in [-0.2, -0.15) is 15.0 Å². The fraction of sp³-hybridized carbons (Fsp3) is 0.0769. The van der Waals surface area contributed by atoms with E-state index in [1.54, 1.807) is 42.5 Å². The van der Waals surface area contributed by atoms with Crippen molar-refractivity contribution in [3.63, 3.8) is 0 Å². The van der Waals surface area contributed by atoms with Gasteiger partial charge in [-0.3, -0.25) is 4.57 Å². The van der Waals surface area contributed by atoms with Crippen LogP contribution in [0, 0.1) is 0 Å². The minimum atomic E-state index is 0.431. The topological polar surface area (TPSA) is 80.5 Å². The number of anilines is 3. The number of hydrogen-bond donors (Lipinski definition) is 2. The predicted octanol–water partition coefficient (Wildman–Crippen LogP) is 2.50. The molecule has 2 heterocycles. The minimum absolute atomic E-state index is 0.431. The number of nitrogens with zero attached hydrogens (tertiary/aromatic N) is 5. The van der Waals surface area contributed by atoms with Gasteiger partial charge in [-0.15, -0.1) is 0 Å². The van der Waals surface area contributed by atoms with Gasteiger partial charge in [0.05, 0.1) is 0 Å². The lowest BCUT2D eigenvalue weighted by atomic mass is 10.3. The SMILES string of the molecule is CNc1nc(Nc2ccc(Cl)cc2)nc(-n2ccnc2)n1. The first kappa shape index (κ1) is 13.3. The molecular weight excluding hydrogens is 290 g/mol. The third-order valence-electron chi connectivity index (χ3n) is 2.68. The molecule has 0 saturated heterocycles. The Balaban J connectivity index is 1.94. The maximum atomic E-state index is 5.87. The third kappa shape index (κ3) is 3.09. The van der Waals surface area contributed by atoms with Crippen molar-refractivity contribution in [3.8, 4) is 5.95 Å². The molecule has 0 atom stereocenters. The summed E-state index contributed by atoms with van der Waals surface area (Å²) < 4.78 is 1.70. The second-order valence-electron chi connectivity index (χ2n) is 4.13. The Hall–Kier alpha value is -2.67. The summed E-state index contributed by atoms with van der Waals surface area (Å²) in [7, 11) is 1.75. The van der Waals surface area contributed by atoms with Gasteiger partial charge in [0.25, 0.3) is 0 Å². The number of benzene rings is 1. The van der Waals surface area contributed by atoms with Crippen LogP contribution in [0.2, 0.25) is 5.02 Å². The first-order chi connectivity index (χ1) is 10.2. The highest BCUT2D eigenvalue weighted by Gasteiger charge is 2.07. The molecule has 0 aliphatic carbocycles. The molecule has 2 N–H and O–H groups in total. The van der Waals surface area contributed by atoms with Crippen molar-refractivity contribution in [3.05, 3.63) is 48.0 Å². The highest BCUT2D eigenvalue weighted by atomic mass is 35.5. The molecule has 0 fully saturated rings. The lowest BCUT2D eigenvalue weighted by molar-refractivity contribution is 0.902. The molecule has 0 bridgehead atoms. The Kier molecular flexibility index (Phi) is 3.65. The van der Waals surface area contributed by atoms with Gasteiger partial charge in [-0.25, -0.2) is 4.98 Å². The molecule has 7 nitrogen and oxygen atoms in total. The van der Waals surface area contributed by atoms with Crippen molar-refractivity contribution in [2.75, 3.05) is 17.7 Å². The predicted molar refractivity (Wildman–Crippen MR) is 81.2 cm³/mol. The molecule has 1 aromatic carbocycles. The van der Waals surface area contributed by atoms with E-state index < -0.39 is 0 Å². The Morgan fingerprint density at radius 3 is 2.48 bits per heavy atom. The summed E-state index contributed by atoms with van der Waals surface area (Å²) in [6.45, 7) is 0. The Labute approximate surface area is 126 Å². The third-order valence-corrected chi connectivity index (χ3v) is 2.93. The van der Waals surface area contributed by atoms with Crippen LogP contribution in [0.1, 0.15) is 0 Å². The van der Waals surface area contributed by atoms with Crippen LogP contribution in [0.25, 0.3) is 5.95 Å². The molecule has 8 heteroatoms. The van der Waals surface area contributed by atoms with Gasteiger partial charge in [0.2, 0.25) is 17.8 Å². The zero-order valence-electron chi connectivity index (χ0n) is 11.2. The van der Waals surface area contributed by atoms with Gasteiger partial charge >= 0.3 is 0 Å². The number of imidazole rings is 1. The van der Waals surface area contributed by atoms with Crippen LogP contribution in [0.4, 0.5) is 17.6 Å². The van der Waals surface area contributed by atoms with Crippen LogP contribution in [0.5, 0.6) is 0 Å². The van der Waals surface area contributed by atoms with Gasteiger partial charge in [0, 0.05) is 30.2 Å². The van der Waals surface area contributed by atoms with Crippen LogP contribution in [-0.2, 0) is 0 Å². The van der Waals surface area contributed by atoms with E-state index in [4.69, 9.17) is 11.6 Å². The Bertz CT molecular complexity index is 725. The summed E-state index contributed by atoms with van der Waals surface area (Å²) in [6, 6.07) is 7.28. The zero-order chi connectivity index (χ0) is 14.7. The fourth-order valence-electron chi connectivity index (χ4n) is 1.69. The van der Waals surface area contributed by atoms with E-state index >= 15 is 0 Å². The first-order valence-corrected chi connectivity index (χ1v) is 6.57. The lowest BCUT2D eigenvalue weighted by Crippen LogP contribution is -2.08. The quantitative estimate of drug-likeness (QED) is 0.770. The Morgan fingerprint density at radius 2 is 1.81 bits per heavy atom. The normalized spacial score (nSPS) is 10.4. The number of halogens is 1. The second-order valence-corrected chi connectivity index (χ2v) is 4.57. The van der Waals surface area contributed by atoms with Gasteiger partial charge in [-0.05, 0) is 24.3 Å². The van der Waals surface area contributed by atoms with E-state index in [1.807, 2.05) is 12.1 Å². The molecule has 3 aromatic rings. The molecule has 0 aliphatic heterocycles. The molecule has 0 unspecified atom stereocenters. The van der Waals surface area contributed by atoms with Crippen LogP contribution in [0.3, 0.4) is 0 Å². The standard InChI is InChI=1S/C13H12ClN7/c1-15-11-18-12(17-10-4-2-9(14)3-5-10)20-13(19-11)21-7-6-16-8-21/h2-8H,1H3,(H2,15,17,18,19,20). The van der Waals surface area contributed by atoms with Crippen molar-refractivity contribution in [1.29, 1.82) is 0 Å². The van der Waals surface area contributed by atoms with Crippen LogP contribution in [-0.4, -0.2) is 31.6 Å². The highest BCUT2D eigenvalue weighted by molar-refractivity contribution is 6.30. The highest BCUT2D eigenvalue weighted by Crippen LogP contribution is 2.18. The first-order valence-electron chi connectivity index (χ1n) is 6.19. The Morgan fingerprint density at radius 1 is 1.05 bits per heavy atom. The smallest absolute Gasteiger partial charge is 0.241 e. The van der Waals surface area contributed by atoms with Crippen molar-refractivity contribution in [2.45, 2.75) is 0 Å². The van der Waals surface area contributed by atoms with E-state index in [0.717, 1.165) is 5.69 Å².